The van der Waals surface area contributed by atoms with Crippen LogP contribution in [0.15, 0.2) is 22.7 Å². The van der Waals surface area contributed by atoms with E-state index in [0.717, 1.165) is 17.5 Å². The molecule has 0 radical (unpaired) electrons. The number of rotatable bonds is 4. The molecule has 31 heavy (non-hydrogen) atoms. The number of fused-ring (bicyclic) bond motifs is 1. The summed E-state index contributed by atoms with van der Waals surface area (Å²) in [5.74, 6) is 0.579. The summed E-state index contributed by atoms with van der Waals surface area (Å²) in [5.41, 5.74) is 0.605. The number of carbonyl (C=O) groups excluding carboxylic acids is 1. The first-order valence-corrected chi connectivity index (χ1v) is 10.6. The molecular weight excluding hydrogens is 401 g/mol. The number of carbonyl (C=O) groups is 1. The molecule has 1 amide bonds. The Morgan fingerprint density at radius 2 is 2.13 bits per heavy atom. The van der Waals surface area contributed by atoms with Crippen LogP contribution in [-0.2, 0) is 11.2 Å². The molecule has 1 aliphatic rings. The zero-order valence-electron chi connectivity index (χ0n) is 18.6. The van der Waals surface area contributed by atoms with Gasteiger partial charge >= 0.3 is 6.09 Å². The first-order chi connectivity index (χ1) is 14.6. The standard InChI is InChI=1S/C22H28FN5O3/c1-13(2)18-15-7-6-8-16(23)19(15)28(25-18)20-24-17(31-26-20)11-14-9-10-27(12-14)21(29)30-22(3,4)5/h6-8,13-14H,9-12H2,1-5H3/t14-/m0/s1. The van der Waals surface area contributed by atoms with Crippen molar-refractivity contribution in [3.05, 3.63) is 35.6 Å². The molecule has 2 aromatic heterocycles. The summed E-state index contributed by atoms with van der Waals surface area (Å²) in [4.78, 5) is 18.4. The molecule has 9 heteroatoms. The number of amides is 1. The van der Waals surface area contributed by atoms with Crippen LogP contribution in [0.3, 0.4) is 0 Å². The van der Waals surface area contributed by atoms with Gasteiger partial charge in [0.25, 0.3) is 5.95 Å². The lowest BCUT2D eigenvalue weighted by Gasteiger charge is -2.24. The average Bonchev–Trinajstić information content (AvgIpc) is 3.39. The summed E-state index contributed by atoms with van der Waals surface area (Å²) < 4.78 is 26.9. The Labute approximate surface area is 180 Å². The van der Waals surface area contributed by atoms with E-state index >= 15 is 0 Å². The SMILES string of the molecule is CC(C)c1nn(-c2noc(C[C@@H]3CCN(C(=O)OC(C)(C)C)C3)n2)c2c(F)cccc12. The van der Waals surface area contributed by atoms with Crippen molar-refractivity contribution < 1.29 is 18.4 Å². The molecule has 3 aromatic rings. The molecular formula is C22H28FN5O3. The minimum atomic E-state index is -0.521. The lowest BCUT2D eigenvalue weighted by atomic mass is 10.1. The highest BCUT2D eigenvalue weighted by Crippen LogP contribution is 2.29. The van der Waals surface area contributed by atoms with E-state index in [1.165, 1.54) is 10.7 Å². The molecule has 0 bridgehead atoms. The van der Waals surface area contributed by atoms with E-state index in [0.29, 0.717) is 30.9 Å². The quantitative estimate of drug-likeness (QED) is 0.608. The van der Waals surface area contributed by atoms with Gasteiger partial charge in [0.05, 0.1) is 5.69 Å². The van der Waals surface area contributed by atoms with Crippen LogP contribution in [0, 0.1) is 11.7 Å². The van der Waals surface area contributed by atoms with Crippen LogP contribution in [0.5, 0.6) is 0 Å². The zero-order chi connectivity index (χ0) is 22.3. The monoisotopic (exact) mass is 429 g/mol. The molecule has 0 unspecified atom stereocenters. The highest BCUT2D eigenvalue weighted by atomic mass is 19.1. The first kappa shape index (κ1) is 21.3. The molecule has 166 valence electrons. The Balaban J connectivity index is 1.51. The van der Waals surface area contributed by atoms with Crippen molar-refractivity contribution in [2.45, 2.75) is 59.0 Å². The lowest BCUT2D eigenvalue weighted by molar-refractivity contribution is 0.0287. The maximum Gasteiger partial charge on any atom is 0.410 e. The van der Waals surface area contributed by atoms with Crippen LogP contribution in [0.4, 0.5) is 9.18 Å². The van der Waals surface area contributed by atoms with Crippen LogP contribution < -0.4 is 0 Å². The minimum Gasteiger partial charge on any atom is -0.444 e. The van der Waals surface area contributed by atoms with Crippen molar-refractivity contribution in [3.8, 4) is 5.95 Å². The van der Waals surface area contributed by atoms with Gasteiger partial charge in [-0.2, -0.15) is 14.8 Å². The molecule has 1 aliphatic heterocycles. The highest BCUT2D eigenvalue weighted by Gasteiger charge is 2.31. The molecule has 1 atom stereocenters. The summed E-state index contributed by atoms with van der Waals surface area (Å²) in [6.45, 7) is 10.8. The van der Waals surface area contributed by atoms with Gasteiger partial charge in [0.1, 0.15) is 16.9 Å². The summed E-state index contributed by atoms with van der Waals surface area (Å²) >= 11 is 0. The van der Waals surface area contributed by atoms with Crippen molar-refractivity contribution in [1.82, 2.24) is 24.8 Å². The maximum absolute atomic E-state index is 14.6. The third-order valence-electron chi connectivity index (χ3n) is 5.28. The maximum atomic E-state index is 14.6. The van der Waals surface area contributed by atoms with Crippen LogP contribution in [0.1, 0.15) is 58.5 Å². The molecule has 3 heterocycles. The summed E-state index contributed by atoms with van der Waals surface area (Å²) in [6, 6.07) is 4.92. The van der Waals surface area contributed by atoms with Crippen molar-refractivity contribution in [1.29, 1.82) is 0 Å². The molecule has 0 N–H and O–H groups in total. The van der Waals surface area contributed by atoms with Crippen molar-refractivity contribution in [2.75, 3.05) is 13.1 Å². The van der Waals surface area contributed by atoms with Gasteiger partial charge in [0, 0.05) is 24.9 Å². The van der Waals surface area contributed by atoms with E-state index in [1.807, 2.05) is 40.7 Å². The Morgan fingerprint density at radius 3 is 2.84 bits per heavy atom. The molecule has 0 aliphatic carbocycles. The fourth-order valence-corrected chi connectivity index (χ4v) is 3.87. The van der Waals surface area contributed by atoms with Gasteiger partial charge in [-0.15, -0.1) is 0 Å². The third kappa shape index (κ3) is 4.40. The normalized spacial score (nSPS) is 17.1. The smallest absolute Gasteiger partial charge is 0.410 e. The molecule has 1 saturated heterocycles. The second-order valence-corrected chi connectivity index (χ2v) is 9.36. The summed E-state index contributed by atoms with van der Waals surface area (Å²) in [7, 11) is 0. The van der Waals surface area contributed by atoms with Crippen molar-refractivity contribution in [2.24, 2.45) is 5.92 Å². The third-order valence-corrected chi connectivity index (χ3v) is 5.28. The van der Waals surface area contributed by atoms with Gasteiger partial charge in [0.2, 0.25) is 5.89 Å². The highest BCUT2D eigenvalue weighted by molar-refractivity contribution is 5.84. The van der Waals surface area contributed by atoms with Gasteiger partial charge in [-0.05, 0) is 50.3 Å². The summed E-state index contributed by atoms with van der Waals surface area (Å²) in [5, 5.41) is 9.33. The van der Waals surface area contributed by atoms with E-state index < -0.39 is 5.60 Å². The predicted molar refractivity (Wildman–Crippen MR) is 113 cm³/mol. The fourth-order valence-electron chi connectivity index (χ4n) is 3.87. The number of hydrogen-bond acceptors (Lipinski definition) is 6. The van der Waals surface area contributed by atoms with Gasteiger partial charge < -0.3 is 14.2 Å². The van der Waals surface area contributed by atoms with E-state index in [9.17, 15) is 9.18 Å². The zero-order valence-corrected chi connectivity index (χ0v) is 18.6. The number of aromatic nitrogens is 4. The number of hydrogen-bond donors (Lipinski definition) is 0. The molecule has 0 spiro atoms. The number of likely N-dealkylation sites (tertiary alicyclic amines) is 1. The van der Waals surface area contributed by atoms with E-state index in [2.05, 4.69) is 15.2 Å². The van der Waals surface area contributed by atoms with Gasteiger partial charge in [0.15, 0.2) is 0 Å². The second-order valence-electron chi connectivity index (χ2n) is 9.36. The van der Waals surface area contributed by atoms with E-state index in [1.54, 1.807) is 11.0 Å². The molecule has 8 nitrogen and oxygen atoms in total. The van der Waals surface area contributed by atoms with Crippen LogP contribution >= 0.6 is 0 Å². The fraction of sp³-hybridized carbons (Fsp3) is 0.545. The Morgan fingerprint density at radius 1 is 1.35 bits per heavy atom. The van der Waals surface area contributed by atoms with Crippen LogP contribution in [-0.4, -0.2) is 49.6 Å². The van der Waals surface area contributed by atoms with Gasteiger partial charge in [-0.25, -0.2) is 9.18 Å². The molecule has 1 fully saturated rings. The van der Waals surface area contributed by atoms with E-state index in [-0.39, 0.29) is 29.7 Å². The number of benzene rings is 1. The Bertz CT molecular complexity index is 1100. The minimum absolute atomic E-state index is 0.120. The van der Waals surface area contributed by atoms with Gasteiger partial charge in [-0.1, -0.05) is 26.0 Å². The number of para-hydroxylation sites is 1. The van der Waals surface area contributed by atoms with Crippen molar-refractivity contribution in [3.63, 3.8) is 0 Å². The Kier molecular flexibility index (Phi) is 5.45. The lowest BCUT2D eigenvalue weighted by Crippen LogP contribution is -2.35. The predicted octanol–water partition coefficient (Wildman–Crippen LogP) is 4.47. The molecule has 1 aromatic carbocycles. The van der Waals surface area contributed by atoms with Gasteiger partial charge in [-0.3, -0.25) is 0 Å². The Hall–Kier alpha value is -2.97. The average molecular weight is 429 g/mol. The van der Waals surface area contributed by atoms with E-state index in [4.69, 9.17) is 9.26 Å². The van der Waals surface area contributed by atoms with Crippen LogP contribution in [0.25, 0.3) is 16.9 Å². The largest absolute Gasteiger partial charge is 0.444 e. The first-order valence-electron chi connectivity index (χ1n) is 10.6. The number of ether oxygens (including phenoxy) is 1. The number of halogens is 1. The van der Waals surface area contributed by atoms with Crippen LogP contribution in [0.2, 0.25) is 0 Å². The topological polar surface area (TPSA) is 86.3 Å². The number of nitrogens with zero attached hydrogens (tertiary/aromatic N) is 5. The second kappa shape index (κ2) is 7.94. The van der Waals surface area contributed by atoms with Crippen molar-refractivity contribution >= 4 is 17.0 Å². The molecule has 4 rings (SSSR count). The summed E-state index contributed by atoms with van der Waals surface area (Å²) in [6.07, 6.45) is 1.06. The molecule has 0 saturated carbocycles.